The van der Waals surface area contributed by atoms with Crippen molar-refractivity contribution in [2.75, 3.05) is 23.8 Å². The molecule has 0 fully saturated rings. The molecule has 0 atom stereocenters. The minimum atomic E-state index is 0.0867. The molecule has 23 heavy (non-hydrogen) atoms. The molecular formula is C17H17BrN4O. The molecule has 0 radical (unpaired) electrons. The maximum absolute atomic E-state index is 8.89. The molecule has 0 saturated carbocycles. The van der Waals surface area contributed by atoms with Crippen LogP contribution < -0.4 is 10.6 Å². The van der Waals surface area contributed by atoms with E-state index in [0.717, 1.165) is 38.1 Å². The van der Waals surface area contributed by atoms with Crippen molar-refractivity contribution in [1.82, 2.24) is 9.97 Å². The Hall–Kier alpha value is -2.18. The van der Waals surface area contributed by atoms with Crippen molar-refractivity contribution in [1.29, 1.82) is 0 Å². The van der Waals surface area contributed by atoms with Crippen molar-refractivity contribution >= 4 is 44.0 Å². The third-order valence-electron chi connectivity index (χ3n) is 3.56. The number of aliphatic hydroxyl groups excluding tert-OH is 1. The van der Waals surface area contributed by atoms with E-state index in [1.807, 2.05) is 37.3 Å². The molecule has 1 aromatic carbocycles. The number of halogens is 1. The predicted molar refractivity (Wildman–Crippen MR) is 97.3 cm³/mol. The lowest BCUT2D eigenvalue weighted by atomic mass is 10.2. The first kappa shape index (κ1) is 15.7. The molecule has 2 heterocycles. The van der Waals surface area contributed by atoms with Crippen LogP contribution in [0.15, 0.2) is 47.2 Å². The summed E-state index contributed by atoms with van der Waals surface area (Å²) >= 11 is 3.54. The summed E-state index contributed by atoms with van der Waals surface area (Å²) in [6.07, 6.45) is 3.51. The smallest absolute Gasteiger partial charge is 0.156 e. The van der Waals surface area contributed by atoms with E-state index in [0.29, 0.717) is 6.54 Å². The van der Waals surface area contributed by atoms with Crippen molar-refractivity contribution in [3.63, 3.8) is 0 Å². The molecule has 118 valence electrons. The summed E-state index contributed by atoms with van der Waals surface area (Å²) in [5.41, 5.74) is 3.79. The third kappa shape index (κ3) is 3.43. The molecule has 0 saturated heterocycles. The highest BCUT2D eigenvalue weighted by molar-refractivity contribution is 9.10. The number of rotatable bonds is 5. The van der Waals surface area contributed by atoms with Crippen LogP contribution in [-0.2, 0) is 0 Å². The van der Waals surface area contributed by atoms with E-state index in [1.165, 1.54) is 0 Å². The molecule has 3 aromatic rings. The molecular weight excluding hydrogens is 356 g/mol. The number of nitrogens with zero attached hydrogens (tertiary/aromatic N) is 2. The molecule has 0 spiro atoms. The van der Waals surface area contributed by atoms with E-state index < -0.39 is 0 Å². The maximum Gasteiger partial charge on any atom is 0.156 e. The molecule has 0 amide bonds. The summed E-state index contributed by atoms with van der Waals surface area (Å²) in [5.74, 6) is 0.720. The first-order valence-electron chi connectivity index (χ1n) is 7.30. The molecule has 5 nitrogen and oxygen atoms in total. The largest absolute Gasteiger partial charge is 0.395 e. The number of nitrogens with one attached hydrogen (secondary N) is 2. The number of pyridine rings is 2. The Morgan fingerprint density at radius 2 is 2.09 bits per heavy atom. The molecule has 3 N–H and O–H groups in total. The lowest BCUT2D eigenvalue weighted by Gasteiger charge is -2.12. The second-order valence-electron chi connectivity index (χ2n) is 5.14. The summed E-state index contributed by atoms with van der Waals surface area (Å²) < 4.78 is 1.05. The fraction of sp³-hybridized carbons (Fsp3) is 0.176. The van der Waals surface area contributed by atoms with E-state index in [1.54, 1.807) is 12.4 Å². The van der Waals surface area contributed by atoms with Gasteiger partial charge in [-0.15, -0.1) is 0 Å². The van der Waals surface area contributed by atoms with Crippen LogP contribution in [0, 0.1) is 6.92 Å². The zero-order valence-electron chi connectivity index (χ0n) is 12.7. The Morgan fingerprint density at radius 3 is 2.91 bits per heavy atom. The van der Waals surface area contributed by atoms with Crippen LogP contribution in [0.3, 0.4) is 0 Å². The van der Waals surface area contributed by atoms with Gasteiger partial charge in [0.1, 0.15) is 5.52 Å². The zero-order chi connectivity index (χ0) is 16.2. The number of hydrogen-bond donors (Lipinski definition) is 3. The first-order valence-corrected chi connectivity index (χ1v) is 8.10. The second-order valence-corrected chi connectivity index (χ2v) is 6.00. The standard InChI is InChI=1S/C17H17BrN4O/c1-11-14(18)3-2-4-15(11)22-17-16-12(5-6-20-17)9-13(10-21-16)19-7-8-23/h2-6,9-10,19,23H,7-8H2,1H3,(H,20,22). The second kappa shape index (κ2) is 6.93. The summed E-state index contributed by atoms with van der Waals surface area (Å²) in [4.78, 5) is 8.92. The van der Waals surface area contributed by atoms with Crippen LogP contribution >= 0.6 is 15.9 Å². The monoisotopic (exact) mass is 372 g/mol. The van der Waals surface area contributed by atoms with Crippen LogP contribution in [0.1, 0.15) is 5.56 Å². The van der Waals surface area contributed by atoms with E-state index in [9.17, 15) is 0 Å². The van der Waals surface area contributed by atoms with E-state index in [2.05, 4.69) is 36.5 Å². The van der Waals surface area contributed by atoms with Gasteiger partial charge in [0.15, 0.2) is 5.82 Å². The summed E-state index contributed by atoms with van der Waals surface area (Å²) in [6, 6.07) is 9.92. The number of fused-ring (bicyclic) bond motifs is 1. The predicted octanol–water partition coefficient (Wildman–Crippen LogP) is 3.85. The van der Waals surface area contributed by atoms with Gasteiger partial charge in [-0.3, -0.25) is 4.98 Å². The zero-order valence-corrected chi connectivity index (χ0v) is 14.3. The van der Waals surface area contributed by atoms with Crippen LogP contribution in [-0.4, -0.2) is 28.2 Å². The number of hydrogen-bond acceptors (Lipinski definition) is 5. The van der Waals surface area contributed by atoms with Gasteiger partial charge in [0.05, 0.1) is 18.5 Å². The SMILES string of the molecule is Cc1c(Br)cccc1Nc1nccc2cc(NCCO)cnc12. The maximum atomic E-state index is 8.89. The Labute approximate surface area is 142 Å². The Morgan fingerprint density at radius 1 is 1.22 bits per heavy atom. The molecule has 2 aromatic heterocycles. The van der Waals surface area contributed by atoms with Gasteiger partial charge in [0.25, 0.3) is 0 Å². The molecule has 0 aliphatic rings. The van der Waals surface area contributed by atoms with Crippen LogP contribution in [0.4, 0.5) is 17.2 Å². The lowest BCUT2D eigenvalue weighted by Crippen LogP contribution is -2.06. The Balaban J connectivity index is 1.96. The van der Waals surface area contributed by atoms with Crippen LogP contribution in [0.25, 0.3) is 10.9 Å². The van der Waals surface area contributed by atoms with Gasteiger partial charge >= 0.3 is 0 Å². The van der Waals surface area contributed by atoms with E-state index >= 15 is 0 Å². The number of aliphatic hydroxyl groups is 1. The first-order chi connectivity index (χ1) is 11.2. The molecule has 0 bridgehead atoms. The number of aromatic nitrogens is 2. The quantitative estimate of drug-likeness (QED) is 0.634. The van der Waals surface area contributed by atoms with Gasteiger partial charge in [-0.25, -0.2) is 4.98 Å². The van der Waals surface area contributed by atoms with E-state index in [-0.39, 0.29) is 6.61 Å². The highest BCUT2D eigenvalue weighted by atomic mass is 79.9. The average Bonchev–Trinajstić information content (AvgIpc) is 2.57. The Kier molecular flexibility index (Phi) is 4.73. The van der Waals surface area contributed by atoms with Crippen LogP contribution in [0.2, 0.25) is 0 Å². The Bertz CT molecular complexity index is 838. The van der Waals surface area contributed by atoms with Gasteiger partial charge in [0, 0.05) is 28.3 Å². The summed E-state index contributed by atoms with van der Waals surface area (Å²) in [5, 5.41) is 16.3. The highest BCUT2D eigenvalue weighted by Crippen LogP contribution is 2.29. The molecule has 0 unspecified atom stereocenters. The fourth-order valence-electron chi connectivity index (χ4n) is 2.32. The molecule has 6 heteroatoms. The number of benzene rings is 1. The minimum absolute atomic E-state index is 0.0867. The minimum Gasteiger partial charge on any atom is -0.395 e. The topological polar surface area (TPSA) is 70.1 Å². The average molecular weight is 373 g/mol. The molecule has 0 aliphatic carbocycles. The van der Waals surface area contributed by atoms with Gasteiger partial charge in [-0.2, -0.15) is 0 Å². The summed E-state index contributed by atoms with van der Waals surface area (Å²) in [7, 11) is 0. The lowest BCUT2D eigenvalue weighted by molar-refractivity contribution is 0.311. The van der Waals surface area contributed by atoms with Gasteiger partial charge < -0.3 is 15.7 Å². The normalized spacial score (nSPS) is 10.7. The van der Waals surface area contributed by atoms with Crippen molar-refractivity contribution in [2.45, 2.75) is 6.92 Å². The molecule has 0 aliphatic heterocycles. The third-order valence-corrected chi connectivity index (χ3v) is 4.42. The fourth-order valence-corrected chi connectivity index (χ4v) is 2.68. The molecule has 3 rings (SSSR count). The number of anilines is 3. The van der Waals surface area contributed by atoms with E-state index in [4.69, 9.17) is 5.11 Å². The highest BCUT2D eigenvalue weighted by Gasteiger charge is 2.08. The van der Waals surface area contributed by atoms with Gasteiger partial charge in [0.2, 0.25) is 0 Å². The van der Waals surface area contributed by atoms with Gasteiger partial charge in [-0.05, 0) is 36.8 Å². The van der Waals surface area contributed by atoms with Crippen molar-refractivity contribution in [3.05, 3.63) is 52.8 Å². The van der Waals surface area contributed by atoms with Gasteiger partial charge in [-0.1, -0.05) is 22.0 Å². The van der Waals surface area contributed by atoms with Crippen molar-refractivity contribution in [3.8, 4) is 0 Å². The van der Waals surface area contributed by atoms with Crippen molar-refractivity contribution < 1.29 is 5.11 Å². The summed E-state index contributed by atoms with van der Waals surface area (Å²) in [6.45, 7) is 2.63. The van der Waals surface area contributed by atoms with Crippen molar-refractivity contribution in [2.24, 2.45) is 0 Å². The van der Waals surface area contributed by atoms with Crippen LogP contribution in [0.5, 0.6) is 0 Å².